The summed E-state index contributed by atoms with van der Waals surface area (Å²) in [5.74, 6) is 2.98. The van der Waals surface area contributed by atoms with Crippen molar-refractivity contribution < 1.29 is 9.47 Å². The maximum absolute atomic E-state index is 7.94. The average molecular weight is 1010 g/mol. The summed E-state index contributed by atoms with van der Waals surface area (Å²) in [4.78, 5) is 13.6. The third-order valence-electron chi connectivity index (χ3n) is 17.0. The van der Waals surface area contributed by atoms with Crippen molar-refractivity contribution in [3.05, 3.63) is 277 Å². The highest BCUT2D eigenvalue weighted by Gasteiger charge is 2.54. The first-order valence-corrected chi connectivity index (χ1v) is 26.8. The molecule has 5 aromatic heterocycles. The molecule has 15 aromatic rings. The van der Waals surface area contributed by atoms with E-state index in [0.29, 0.717) is 0 Å². The van der Waals surface area contributed by atoms with Crippen LogP contribution in [-0.2, 0) is 5.41 Å². The molecule has 3 aliphatic rings. The maximum Gasteiger partial charge on any atom is 0.156 e. The highest BCUT2D eigenvalue weighted by atomic mass is 16.5. The maximum atomic E-state index is 7.94. The van der Waals surface area contributed by atoms with Gasteiger partial charge in [0, 0.05) is 54.6 Å². The number of nitrogens with zero attached hydrogens (tertiary/aromatic N) is 6. The molecule has 79 heavy (non-hydrogen) atoms. The van der Waals surface area contributed by atoms with Crippen molar-refractivity contribution in [1.82, 2.24) is 23.7 Å². The molecule has 18 rings (SSSR count). The van der Waals surface area contributed by atoms with Crippen molar-refractivity contribution in [3.8, 4) is 51.4 Å². The van der Waals surface area contributed by atoms with E-state index in [0.717, 1.165) is 124 Å². The fraction of sp³-hybridized carbons (Fsp3) is 0.0141. The van der Waals surface area contributed by atoms with Crippen LogP contribution in [0.2, 0.25) is 0 Å². The highest BCUT2D eigenvalue weighted by Crippen LogP contribution is 2.66. The van der Waals surface area contributed by atoms with Gasteiger partial charge in [-0.25, -0.2) is 0 Å². The third kappa shape index (κ3) is 5.55. The molecule has 7 heterocycles. The Morgan fingerprint density at radius 1 is 0.291 bits per heavy atom. The number of hydrogen-bond donors (Lipinski definition) is 0. The molecule has 0 bridgehead atoms. The summed E-state index contributed by atoms with van der Waals surface area (Å²) in [7, 11) is 0. The summed E-state index contributed by atoms with van der Waals surface area (Å²) in [5.41, 5.74) is 16.7. The van der Waals surface area contributed by atoms with Crippen molar-refractivity contribution >= 4 is 82.5 Å². The number of para-hydroxylation sites is 12. The SMILES string of the molecule is c1ccc2c(c1)Oc1ccccc1N2c1cccc2c1Oc1c(-n3c4ccccc4c4ccccc43)cccc1C21c2cc(-n3c4ccccc4c4ccccc43)cnc2-c2ncc(-n3c4ccccc4c4ccccc43)cc21. The summed E-state index contributed by atoms with van der Waals surface area (Å²) in [6.07, 6.45) is 4.08. The lowest BCUT2D eigenvalue weighted by Gasteiger charge is -2.42. The Bertz CT molecular complexity index is 4770. The molecule has 0 atom stereocenters. The molecule has 1 spiro atoms. The van der Waals surface area contributed by atoms with E-state index in [2.05, 4.69) is 237 Å². The Labute approximate surface area is 452 Å². The van der Waals surface area contributed by atoms with Gasteiger partial charge in [-0.15, -0.1) is 0 Å². The quantitative estimate of drug-likeness (QED) is 0.176. The second-order valence-electron chi connectivity index (χ2n) is 20.8. The molecule has 8 nitrogen and oxygen atoms in total. The number of benzene rings is 10. The van der Waals surface area contributed by atoms with Gasteiger partial charge in [0.25, 0.3) is 0 Å². The van der Waals surface area contributed by atoms with Gasteiger partial charge >= 0.3 is 0 Å². The van der Waals surface area contributed by atoms with Crippen LogP contribution in [-0.4, -0.2) is 23.7 Å². The van der Waals surface area contributed by atoms with E-state index < -0.39 is 5.41 Å². The van der Waals surface area contributed by atoms with E-state index in [4.69, 9.17) is 19.4 Å². The number of rotatable bonds is 4. The topological polar surface area (TPSA) is 62.3 Å². The van der Waals surface area contributed by atoms with Gasteiger partial charge in [0.1, 0.15) is 0 Å². The summed E-state index contributed by atoms with van der Waals surface area (Å²) in [6, 6.07) is 86.8. The number of fused-ring (bicyclic) bond motifs is 20. The van der Waals surface area contributed by atoms with Crippen LogP contribution in [0.5, 0.6) is 23.0 Å². The fourth-order valence-electron chi connectivity index (χ4n) is 13.8. The molecule has 0 saturated heterocycles. The van der Waals surface area contributed by atoms with Crippen LogP contribution in [0.4, 0.5) is 17.1 Å². The minimum absolute atomic E-state index is 0.720. The van der Waals surface area contributed by atoms with Gasteiger partial charge in [-0.1, -0.05) is 158 Å². The summed E-state index contributed by atoms with van der Waals surface area (Å²) in [6.45, 7) is 0. The smallest absolute Gasteiger partial charge is 0.156 e. The Balaban J connectivity index is 1.01. The molecule has 0 unspecified atom stereocenters. The number of pyridine rings is 2. The van der Waals surface area contributed by atoms with Gasteiger partial charge in [0.2, 0.25) is 0 Å². The van der Waals surface area contributed by atoms with Gasteiger partial charge in [-0.2, -0.15) is 0 Å². The lowest BCUT2D eigenvalue weighted by atomic mass is 9.66. The number of hydrogen-bond acceptors (Lipinski definition) is 5. The lowest BCUT2D eigenvalue weighted by molar-refractivity contribution is 0.434. The van der Waals surface area contributed by atoms with E-state index in [1.54, 1.807) is 0 Å². The van der Waals surface area contributed by atoms with Crippen LogP contribution in [0, 0.1) is 0 Å². The number of aromatic nitrogens is 5. The number of ether oxygens (including phenoxy) is 2. The normalized spacial score (nSPS) is 13.6. The summed E-state index contributed by atoms with van der Waals surface area (Å²) < 4.78 is 21.8. The Morgan fingerprint density at radius 2 is 0.633 bits per heavy atom. The van der Waals surface area contributed by atoms with Crippen molar-refractivity contribution in [2.45, 2.75) is 5.41 Å². The Morgan fingerprint density at radius 3 is 1.06 bits per heavy atom. The molecule has 0 N–H and O–H groups in total. The zero-order valence-corrected chi connectivity index (χ0v) is 42.2. The second-order valence-corrected chi connectivity index (χ2v) is 20.8. The first-order valence-electron chi connectivity index (χ1n) is 26.8. The molecule has 10 aromatic carbocycles. The van der Waals surface area contributed by atoms with Gasteiger partial charge in [0.15, 0.2) is 23.0 Å². The standard InChI is InChI=1S/C71H42N6O2/c1-7-27-55-45(19-1)46-20-2-8-28-56(46)74(55)43-39-53-67(72-41-43)68-54(40-44(42-73-68)75-57-29-9-3-21-47(57)48-22-4-10-30-58(48)75)71(53)51-25-17-35-63(76-59-31-11-5-23-49(59)50-24-6-12-32-60(50)76)69(51)79-70-52(71)26-18-36-64(70)77-61-33-13-15-37-65(61)78-66-38-16-14-34-62(66)77/h1-42H. The van der Waals surface area contributed by atoms with E-state index in [9.17, 15) is 0 Å². The average Bonchev–Trinajstić information content (AvgIpc) is 4.42. The summed E-state index contributed by atoms with van der Waals surface area (Å²) >= 11 is 0. The molecule has 0 fully saturated rings. The van der Waals surface area contributed by atoms with E-state index in [-0.39, 0.29) is 0 Å². The van der Waals surface area contributed by atoms with Crippen molar-refractivity contribution in [2.75, 3.05) is 4.90 Å². The Kier molecular flexibility index (Phi) is 8.45. The van der Waals surface area contributed by atoms with E-state index >= 15 is 0 Å². The Hall–Kier alpha value is -10.7. The van der Waals surface area contributed by atoms with Gasteiger partial charge in [0.05, 0.1) is 96.4 Å². The zero-order valence-electron chi connectivity index (χ0n) is 42.2. The van der Waals surface area contributed by atoms with Crippen molar-refractivity contribution in [3.63, 3.8) is 0 Å². The molecule has 1 aliphatic carbocycles. The van der Waals surface area contributed by atoms with Gasteiger partial charge < -0.3 is 23.2 Å². The second kappa shape index (κ2) is 15.7. The van der Waals surface area contributed by atoms with Gasteiger partial charge in [-0.05, 0) is 84.9 Å². The molecule has 8 heteroatoms. The number of anilines is 3. The predicted molar refractivity (Wildman–Crippen MR) is 317 cm³/mol. The van der Waals surface area contributed by atoms with E-state index in [1.807, 2.05) is 36.7 Å². The third-order valence-corrected chi connectivity index (χ3v) is 17.0. The molecule has 0 saturated carbocycles. The van der Waals surface area contributed by atoms with E-state index in [1.165, 1.54) is 32.3 Å². The van der Waals surface area contributed by atoms with Crippen molar-refractivity contribution in [2.24, 2.45) is 0 Å². The molecule has 0 amide bonds. The minimum atomic E-state index is -1.06. The van der Waals surface area contributed by atoms with Crippen molar-refractivity contribution in [1.29, 1.82) is 0 Å². The van der Waals surface area contributed by atoms with Crippen LogP contribution in [0.3, 0.4) is 0 Å². The van der Waals surface area contributed by atoms with Crippen LogP contribution < -0.4 is 14.4 Å². The minimum Gasteiger partial charge on any atom is -0.453 e. The molecular formula is C71H42N6O2. The molecular weight excluding hydrogens is 969 g/mol. The first kappa shape index (κ1) is 42.5. The molecule has 0 radical (unpaired) electrons. The summed E-state index contributed by atoms with van der Waals surface area (Å²) in [5, 5.41) is 7.07. The predicted octanol–water partition coefficient (Wildman–Crippen LogP) is 17.8. The monoisotopic (exact) mass is 1010 g/mol. The molecule has 368 valence electrons. The zero-order chi connectivity index (χ0) is 51.5. The van der Waals surface area contributed by atoms with Crippen LogP contribution in [0.1, 0.15) is 22.3 Å². The highest BCUT2D eigenvalue weighted by molar-refractivity contribution is 6.12. The molecule has 2 aliphatic heterocycles. The first-order chi connectivity index (χ1) is 39.2. The lowest BCUT2D eigenvalue weighted by Crippen LogP contribution is -2.33. The fourth-order valence-corrected chi connectivity index (χ4v) is 13.8. The van der Waals surface area contributed by atoms with Crippen LogP contribution in [0.25, 0.3) is 93.9 Å². The van der Waals surface area contributed by atoms with Gasteiger partial charge in [-0.3, -0.25) is 14.9 Å². The van der Waals surface area contributed by atoms with Crippen LogP contribution in [0.15, 0.2) is 255 Å². The van der Waals surface area contributed by atoms with Crippen LogP contribution >= 0.6 is 0 Å². The largest absolute Gasteiger partial charge is 0.453 e.